The SMILES string of the molecule is O=C(CSc1nc2sc3c(c2c(=O)n1-c1ccc(Br)cc1)CCCC3)N/N=C/c1cc(Br)ccc1O. The highest BCUT2D eigenvalue weighted by Crippen LogP contribution is 2.35. The van der Waals surface area contributed by atoms with E-state index in [0.29, 0.717) is 21.8 Å². The van der Waals surface area contributed by atoms with Crippen molar-refractivity contribution in [3.05, 3.63) is 77.8 Å². The van der Waals surface area contributed by atoms with Crippen LogP contribution in [0.4, 0.5) is 0 Å². The van der Waals surface area contributed by atoms with Gasteiger partial charge in [0.2, 0.25) is 0 Å². The van der Waals surface area contributed by atoms with Crippen molar-refractivity contribution in [3.63, 3.8) is 0 Å². The normalized spacial score (nSPS) is 13.3. The van der Waals surface area contributed by atoms with Crippen molar-refractivity contribution in [2.24, 2.45) is 5.10 Å². The first-order chi connectivity index (χ1) is 17.4. The smallest absolute Gasteiger partial charge is 0.267 e. The van der Waals surface area contributed by atoms with Gasteiger partial charge < -0.3 is 5.11 Å². The number of thiophene rings is 1. The average molecular weight is 648 g/mol. The zero-order valence-electron chi connectivity index (χ0n) is 18.8. The maximum absolute atomic E-state index is 13.8. The summed E-state index contributed by atoms with van der Waals surface area (Å²) in [6.07, 6.45) is 5.45. The van der Waals surface area contributed by atoms with Crippen molar-refractivity contribution in [3.8, 4) is 11.4 Å². The number of thioether (sulfide) groups is 1. The van der Waals surface area contributed by atoms with Crippen LogP contribution in [0.1, 0.15) is 28.8 Å². The molecule has 0 radical (unpaired) electrons. The van der Waals surface area contributed by atoms with Crippen LogP contribution in [0.25, 0.3) is 15.9 Å². The Morgan fingerprint density at radius 2 is 1.92 bits per heavy atom. The number of halogens is 2. The minimum absolute atomic E-state index is 0.0152. The van der Waals surface area contributed by atoms with E-state index in [4.69, 9.17) is 4.98 Å². The molecule has 7 nitrogen and oxygen atoms in total. The third-order valence-electron chi connectivity index (χ3n) is 5.76. The number of rotatable bonds is 6. The summed E-state index contributed by atoms with van der Waals surface area (Å²) in [6, 6.07) is 12.4. The van der Waals surface area contributed by atoms with E-state index in [0.717, 1.165) is 45.0 Å². The summed E-state index contributed by atoms with van der Waals surface area (Å²) < 4.78 is 3.28. The summed E-state index contributed by atoms with van der Waals surface area (Å²) in [5, 5.41) is 15.0. The van der Waals surface area contributed by atoms with Gasteiger partial charge in [0.15, 0.2) is 5.16 Å². The lowest BCUT2D eigenvalue weighted by molar-refractivity contribution is -0.118. The van der Waals surface area contributed by atoms with E-state index in [9.17, 15) is 14.7 Å². The van der Waals surface area contributed by atoms with Crippen LogP contribution in [0.3, 0.4) is 0 Å². The van der Waals surface area contributed by atoms with Gasteiger partial charge in [0.25, 0.3) is 11.5 Å². The number of hydrogen-bond donors (Lipinski definition) is 2. The number of nitrogens with zero attached hydrogens (tertiary/aromatic N) is 3. The highest BCUT2D eigenvalue weighted by atomic mass is 79.9. The molecule has 0 fully saturated rings. The van der Waals surface area contributed by atoms with Crippen molar-refractivity contribution in [2.75, 3.05) is 5.75 Å². The monoisotopic (exact) mass is 646 g/mol. The molecular formula is C25H20Br2N4O3S2. The molecule has 5 rings (SSSR count). The van der Waals surface area contributed by atoms with Crippen LogP contribution in [-0.2, 0) is 17.6 Å². The minimum atomic E-state index is -0.354. The third kappa shape index (κ3) is 5.29. The number of amides is 1. The number of fused-ring (bicyclic) bond motifs is 3. The van der Waals surface area contributed by atoms with Crippen molar-refractivity contribution in [1.29, 1.82) is 0 Å². The molecule has 36 heavy (non-hydrogen) atoms. The van der Waals surface area contributed by atoms with Gasteiger partial charge in [-0.25, -0.2) is 10.4 Å². The van der Waals surface area contributed by atoms with Gasteiger partial charge in [-0.3, -0.25) is 14.2 Å². The van der Waals surface area contributed by atoms with Crippen LogP contribution in [0, 0.1) is 0 Å². The lowest BCUT2D eigenvalue weighted by Gasteiger charge is -2.13. The predicted molar refractivity (Wildman–Crippen MR) is 152 cm³/mol. The van der Waals surface area contributed by atoms with Gasteiger partial charge in [-0.1, -0.05) is 43.6 Å². The molecule has 0 unspecified atom stereocenters. The Balaban J connectivity index is 1.43. The fourth-order valence-corrected chi connectivity index (χ4v) is 6.82. The predicted octanol–water partition coefficient (Wildman–Crippen LogP) is 5.80. The molecule has 1 aliphatic carbocycles. The molecule has 0 atom stereocenters. The quantitative estimate of drug-likeness (QED) is 0.119. The average Bonchev–Trinajstić information content (AvgIpc) is 3.24. The molecule has 1 aliphatic rings. The molecule has 0 saturated carbocycles. The molecular weight excluding hydrogens is 628 g/mol. The van der Waals surface area contributed by atoms with Gasteiger partial charge in [-0.2, -0.15) is 5.10 Å². The van der Waals surface area contributed by atoms with E-state index in [1.54, 1.807) is 28.0 Å². The lowest BCUT2D eigenvalue weighted by Crippen LogP contribution is -2.24. The van der Waals surface area contributed by atoms with Crippen LogP contribution in [0.5, 0.6) is 5.75 Å². The molecule has 2 aromatic heterocycles. The van der Waals surface area contributed by atoms with Crippen LogP contribution in [0.2, 0.25) is 0 Å². The zero-order valence-corrected chi connectivity index (χ0v) is 23.6. The van der Waals surface area contributed by atoms with E-state index in [1.807, 2.05) is 24.3 Å². The summed E-state index contributed by atoms with van der Waals surface area (Å²) in [4.78, 5) is 33.1. The molecule has 1 amide bonds. The number of benzene rings is 2. The van der Waals surface area contributed by atoms with E-state index >= 15 is 0 Å². The van der Waals surface area contributed by atoms with Gasteiger partial charge in [-0.05, 0) is 73.7 Å². The van der Waals surface area contributed by atoms with Crippen molar-refractivity contribution < 1.29 is 9.90 Å². The summed E-state index contributed by atoms with van der Waals surface area (Å²) >= 11 is 9.56. The molecule has 2 aromatic carbocycles. The standard InChI is InChI=1S/C25H20Br2N4O3S2/c26-15-5-8-17(9-6-15)31-24(34)22-18-3-1-2-4-20(18)36-23(22)29-25(31)35-13-21(33)30-28-12-14-11-16(27)7-10-19(14)32/h5-12,32H,1-4,13H2,(H,30,33)/b28-12+. The highest BCUT2D eigenvalue weighted by Gasteiger charge is 2.23. The summed E-state index contributed by atoms with van der Waals surface area (Å²) in [7, 11) is 0. The maximum Gasteiger partial charge on any atom is 0.267 e. The molecule has 2 heterocycles. The Bertz CT molecular complexity index is 1550. The second-order valence-corrected chi connectivity index (χ2v) is 12.0. The zero-order chi connectivity index (χ0) is 25.2. The molecule has 0 bridgehead atoms. The van der Waals surface area contributed by atoms with Crippen molar-refractivity contribution >= 4 is 77.3 Å². The second-order valence-electron chi connectivity index (χ2n) is 8.19. The maximum atomic E-state index is 13.8. The third-order valence-corrected chi connectivity index (χ3v) is 8.90. The Kier molecular flexibility index (Phi) is 7.61. The van der Waals surface area contributed by atoms with E-state index < -0.39 is 0 Å². The van der Waals surface area contributed by atoms with Gasteiger partial charge in [0, 0.05) is 19.4 Å². The fraction of sp³-hybridized carbons (Fsp3) is 0.200. The van der Waals surface area contributed by atoms with Crippen LogP contribution in [-0.4, -0.2) is 32.5 Å². The van der Waals surface area contributed by atoms with Gasteiger partial charge in [0.1, 0.15) is 10.6 Å². The summed E-state index contributed by atoms with van der Waals surface area (Å²) in [6.45, 7) is 0. The molecule has 2 N–H and O–H groups in total. The Hall–Kier alpha value is -2.47. The number of hydrogen-bond acceptors (Lipinski definition) is 7. The summed E-state index contributed by atoms with van der Waals surface area (Å²) in [5.41, 5.74) is 4.66. The Morgan fingerprint density at radius 1 is 1.17 bits per heavy atom. The summed E-state index contributed by atoms with van der Waals surface area (Å²) in [5.74, 6) is -0.283. The first-order valence-electron chi connectivity index (χ1n) is 11.2. The fourth-order valence-electron chi connectivity index (χ4n) is 4.07. The molecule has 4 aromatic rings. The Labute approximate surface area is 231 Å². The first-order valence-corrected chi connectivity index (χ1v) is 14.6. The minimum Gasteiger partial charge on any atom is -0.507 e. The number of carbonyl (C=O) groups excluding carboxylic acids is 1. The van der Waals surface area contributed by atoms with Crippen molar-refractivity contribution in [2.45, 2.75) is 30.8 Å². The number of phenolic OH excluding ortho intramolecular Hbond substituents is 1. The highest BCUT2D eigenvalue weighted by molar-refractivity contribution is 9.10. The van der Waals surface area contributed by atoms with Gasteiger partial charge in [-0.15, -0.1) is 11.3 Å². The molecule has 0 saturated heterocycles. The van der Waals surface area contributed by atoms with Crippen molar-refractivity contribution in [1.82, 2.24) is 15.0 Å². The number of aryl methyl sites for hydroxylation is 2. The topological polar surface area (TPSA) is 96.6 Å². The van der Waals surface area contributed by atoms with Crippen LogP contribution in [0.15, 0.2) is 66.5 Å². The molecule has 11 heteroatoms. The largest absolute Gasteiger partial charge is 0.507 e. The molecule has 0 spiro atoms. The Morgan fingerprint density at radius 3 is 2.72 bits per heavy atom. The van der Waals surface area contributed by atoms with Gasteiger partial charge in [0.05, 0.1) is 23.0 Å². The number of hydrazone groups is 1. The number of aromatic hydroxyl groups is 1. The second kappa shape index (κ2) is 10.9. The van der Waals surface area contributed by atoms with Crippen LogP contribution < -0.4 is 11.0 Å². The lowest BCUT2D eigenvalue weighted by atomic mass is 9.97. The first kappa shape index (κ1) is 25.2. The van der Waals surface area contributed by atoms with Crippen LogP contribution >= 0.6 is 55.0 Å². The molecule has 184 valence electrons. The van der Waals surface area contributed by atoms with E-state index in [2.05, 4.69) is 42.4 Å². The number of carbonyl (C=O) groups is 1. The van der Waals surface area contributed by atoms with E-state index in [1.165, 1.54) is 28.9 Å². The number of nitrogens with one attached hydrogen (secondary N) is 1. The molecule has 0 aliphatic heterocycles. The van der Waals surface area contributed by atoms with E-state index in [-0.39, 0.29) is 23.0 Å². The number of aromatic nitrogens is 2. The number of phenols is 1. The van der Waals surface area contributed by atoms with Gasteiger partial charge >= 0.3 is 0 Å².